The summed E-state index contributed by atoms with van der Waals surface area (Å²) in [5.41, 5.74) is 2.35. The highest BCUT2D eigenvalue weighted by Gasteiger charge is 2.24. The minimum Gasteiger partial charge on any atom is -0.340 e. The van der Waals surface area contributed by atoms with Crippen molar-refractivity contribution in [3.63, 3.8) is 0 Å². The number of aryl methyl sites for hydroxylation is 1. The zero-order valence-corrected chi connectivity index (χ0v) is 19.4. The number of hydrogen-bond acceptors (Lipinski definition) is 3. The lowest BCUT2D eigenvalue weighted by Gasteiger charge is -2.34. The van der Waals surface area contributed by atoms with Gasteiger partial charge < -0.3 is 10.2 Å². The molecular formula is C21H21Cl4N3O2. The summed E-state index contributed by atoms with van der Waals surface area (Å²) in [4.78, 5) is 28.9. The van der Waals surface area contributed by atoms with Crippen molar-refractivity contribution in [2.75, 3.05) is 38.0 Å². The molecule has 0 saturated carbocycles. The number of amides is 2. The van der Waals surface area contributed by atoms with Gasteiger partial charge in [-0.25, -0.2) is 0 Å². The summed E-state index contributed by atoms with van der Waals surface area (Å²) in [7, 11) is 0. The van der Waals surface area contributed by atoms with Crippen LogP contribution in [0.3, 0.4) is 0 Å². The zero-order valence-electron chi connectivity index (χ0n) is 16.4. The third kappa shape index (κ3) is 5.59. The molecule has 5 nitrogen and oxygen atoms in total. The number of rotatable bonds is 5. The molecule has 1 heterocycles. The van der Waals surface area contributed by atoms with Gasteiger partial charge >= 0.3 is 0 Å². The number of piperazine rings is 1. The van der Waals surface area contributed by atoms with Crippen LogP contribution in [0.4, 0.5) is 5.69 Å². The second-order valence-corrected chi connectivity index (χ2v) is 8.72. The summed E-state index contributed by atoms with van der Waals surface area (Å²) in [6, 6.07) is 9.32. The Bertz CT molecular complexity index is 933. The first-order valence-corrected chi connectivity index (χ1v) is 10.9. The maximum atomic E-state index is 12.6. The van der Waals surface area contributed by atoms with Gasteiger partial charge in [0.05, 0.1) is 38.7 Å². The molecule has 0 spiro atoms. The van der Waals surface area contributed by atoms with Gasteiger partial charge in [0.1, 0.15) is 0 Å². The molecule has 2 aromatic rings. The summed E-state index contributed by atoms with van der Waals surface area (Å²) in [6.07, 6.45) is 0.389. The third-order valence-electron chi connectivity index (χ3n) is 5.07. The number of carbonyl (C=O) groups is 2. The number of hydrogen-bond donors (Lipinski definition) is 1. The maximum Gasteiger partial charge on any atom is 0.238 e. The molecule has 3 rings (SSSR count). The van der Waals surface area contributed by atoms with E-state index in [2.05, 4.69) is 5.32 Å². The van der Waals surface area contributed by atoms with Crippen LogP contribution in [0, 0.1) is 6.92 Å². The van der Waals surface area contributed by atoms with Gasteiger partial charge in [0.25, 0.3) is 0 Å². The lowest BCUT2D eigenvalue weighted by molar-refractivity contribution is -0.132. The van der Waals surface area contributed by atoms with Crippen LogP contribution < -0.4 is 5.32 Å². The number of benzene rings is 2. The Balaban J connectivity index is 1.52. The molecule has 9 heteroatoms. The maximum absolute atomic E-state index is 12.6. The molecular weight excluding hydrogens is 468 g/mol. The number of anilines is 1. The fourth-order valence-corrected chi connectivity index (χ4v) is 4.21. The standard InChI is InChI=1S/C21H21Cl4N3O2/c1-13-4-2-3-5-14(13)10-18(30)28-8-6-27(7-9-28)12-17(29)26-21-19(24)15(22)11-16(23)20(21)25/h2-5,11H,6-10,12H2,1H3,(H,26,29). The number of nitrogens with zero attached hydrogens (tertiary/aromatic N) is 2. The van der Waals surface area contributed by atoms with Gasteiger partial charge in [0, 0.05) is 26.2 Å². The first-order valence-electron chi connectivity index (χ1n) is 9.43. The summed E-state index contributed by atoms with van der Waals surface area (Å²) in [6.45, 7) is 4.50. The van der Waals surface area contributed by atoms with Crippen LogP contribution in [0.25, 0.3) is 0 Å². The molecule has 2 aromatic carbocycles. The molecule has 0 aliphatic carbocycles. The Morgan fingerprint density at radius 2 is 1.57 bits per heavy atom. The van der Waals surface area contributed by atoms with Gasteiger partial charge in [-0.1, -0.05) is 70.7 Å². The van der Waals surface area contributed by atoms with Crippen LogP contribution in [0.2, 0.25) is 20.1 Å². The van der Waals surface area contributed by atoms with Crippen molar-refractivity contribution in [3.8, 4) is 0 Å². The fourth-order valence-electron chi connectivity index (χ4n) is 3.30. The molecule has 1 N–H and O–H groups in total. The Hall–Kier alpha value is -1.50. The molecule has 160 valence electrons. The van der Waals surface area contributed by atoms with Crippen molar-refractivity contribution in [1.82, 2.24) is 9.80 Å². The van der Waals surface area contributed by atoms with Crippen LogP contribution >= 0.6 is 46.4 Å². The van der Waals surface area contributed by atoms with E-state index in [0.29, 0.717) is 32.6 Å². The second-order valence-electron chi connectivity index (χ2n) is 7.15. The topological polar surface area (TPSA) is 52.7 Å². The molecule has 1 aliphatic heterocycles. The molecule has 0 radical (unpaired) electrons. The van der Waals surface area contributed by atoms with E-state index in [1.165, 1.54) is 6.07 Å². The molecule has 1 aliphatic rings. The van der Waals surface area contributed by atoms with E-state index in [1.807, 2.05) is 41.0 Å². The van der Waals surface area contributed by atoms with E-state index in [4.69, 9.17) is 46.4 Å². The quantitative estimate of drug-likeness (QED) is 0.606. The Labute approximate surface area is 195 Å². The SMILES string of the molecule is Cc1ccccc1CC(=O)N1CCN(CC(=O)Nc2c(Cl)c(Cl)cc(Cl)c2Cl)CC1. The molecule has 0 aromatic heterocycles. The van der Waals surface area contributed by atoms with Gasteiger partial charge in [-0.05, 0) is 24.1 Å². The largest absolute Gasteiger partial charge is 0.340 e. The summed E-state index contributed by atoms with van der Waals surface area (Å²) >= 11 is 24.3. The third-order valence-corrected chi connectivity index (χ3v) is 6.65. The van der Waals surface area contributed by atoms with Gasteiger partial charge in [-0.2, -0.15) is 0 Å². The van der Waals surface area contributed by atoms with Gasteiger partial charge in [0.15, 0.2) is 0 Å². The highest BCUT2D eigenvalue weighted by atomic mass is 35.5. The van der Waals surface area contributed by atoms with Gasteiger partial charge in [-0.3, -0.25) is 14.5 Å². The highest BCUT2D eigenvalue weighted by Crippen LogP contribution is 2.40. The van der Waals surface area contributed by atoms with Crippen molar-refractivity contribution < 1.29 is 9.59 Å². The van der Waals surface area contributed by atoms with Gasteiger partial charge in [0.2, 0.25) is 11.8 Å². The van der Waals surface area contributed by atoms with Crippen LogP contribution in [-0.4, -0.2) is 54.3 Å². The van der Waals surface area contributed by atoms with Crippen LogP contribution in [0.5, 0.6) is 0 Å². The molecule has 30 heavy (non-hydrogen) atoms. The Morgan fingerprint density at radius 3 is 2.17 bits per heavy atom. The van der Waals surface area contributed by atoms with E-state index >= 15 is 0 Å². The zero-order chi connectivity index (χ0) is 21.8. The van der Waals surface area contributed by atoms with Crippen molar-refractivity contribution in [2.45, 2.75) is 13.3 Å². The van der Waals surface area contributed by atoms with E-state index in [0.717, 1.165) is 11.1 Å². The predicted molar refractivity (Wildman–Crippen MR) is 123 cm³/mol. The Kier molecular flexibility index (Phi) is 7.88. The minimum absolute atomic E-state index is 0.0977. The molecule has 1 saturated heterocycles. The number of carbonyl (C=O) groups excluding carboxylic acids is 2. The predicted octanol–water partition coefficient (Wildman–Crippen LogP) is 4.93. The van der Waals surface area contributed by atoms with E-state index in [-0.39, 0.29) is 44.1 Å². The number of nitrogens with one attached hydrogen (secondary N) is 1. The monoisotopic (exact) mass is 487 g/mol. The van der Waals surface area contributed by atoms with E-state index in [1.54, 1.807) is 0 Å². The molecule has 0 bridgehead atoms. The summed E-state index contributed by atoms with van der Waals surface area (Å²) in [5, 5.41) is 3.40. The van der Waals surface area contributed by atoms with Crippen LogP contribution in [-0.2, 0) is 16.0 Å². The lowest BCUT2D eigenvalue weighted by atomic mass is 10.1. The highest BCUT2D eigenvalue weighted by molar-refractivity contribution is 6.50. The second kappa shape index (κ2) is 10.2. The molecule has 0 atom stereocenters. The van der Waals surface area contributed by atoms with Crippen LogP contribution in [0.1, 0.15) is 11.1 Å². The Morgan fingerprint density at radius 1 is 0.967 bits per heavy atom. The average Bonchev–Trinajstić information content (AvgIpc) is 2.72. The smallest absolute Gasteiger partial charge is 0.238 e. The van der Waals surface area contributed by atoms with Crippen molar-refractivity contribution in [3.05, 3.63) is 61.5 Å². The summed E-state index contributed by atoms with van der Waals surface area (Å²) in [5.74, 6) is -0.183. The van der Waals surface area contributed by atoms with Crippen molar-refractivity contribution >= 4 is 63.9 Å². The lowest BCUT2D eigenvalue weighted by Crippen LogP contribution is -2.50. The number of halogens is 4. The van der Waals surface area contributed by atoms with E-state index in [9.17, 15) is 9.59 Å². The van der Waals surface area contributed by atoms with Crippen LogP contribution in [0.15, 0.2) is 30.3 Å². The van der Waals surface area contributed by atoms with Crippen molar-refractivity contribution in [2.24, 2.45) is 0 Å². The van der Waals surface area contributed by atoms with Crippen molar-refractivity contribution in [1.29, 1.82) is 0 Å². The normalized spacial score (nSPS) is 14.6. The minimum atomic E-state index is -0.281. The van der Waals surface area contributed by atoms with Gasteiger partial charge in [-0.15, -0.1) is 0 Å². The molecule has 0 unspecified atom stereocenters. The van der Waals surface area contributed by atoms with E-state index < -0.39 is 0 Å². The first kappa shape index (κ1) is 23.2. The average molecular weight is 489 g/mol. The molecule has 1 fully saturated rings. The summed E-state index contributed by atoms with van der Waals surface area (Å²) < 4.78 is 0. The molecule has 2 amide bonds. The fraction of sp³-hybridized carbons (Fsp3) is 0.333. The first-order chi connectivity index (χ1) is 14.3.